The number of hydrogen-bond donors (Lipinski definition) is 3. The van der Waals surface area contributed by atoms with Gasteiger partial charge in [-0.25, -0.2) is 0 Å². The number of nitrogens with two attached hydrogens (primary N) is 1. The van der Waals surface area contributed by atoms with Gasteiger partial charge in [0, 0.05) is 18.7 Å². The van der Waals surface area contributed by atoms with Crippen LogP contribution in [0.1, 0.15) is 20.8 Å². The molecule has 0 amide bonds. The second kappa shape index (κ2) is 3.69. The quantitative estimate of drug-likeness (QED) is 0.663. The van der Waals surface area contributed by atoms with Gasteiger partial charge in [0.2, 0.25) is 5.95 Å². The average Bonchev–Trinajstić information content (AvgIpc) is 1.99. The minimum Gasteiger partial charge on any atom is -0.373 e. The van der Waals surface area contributed by atoms with E-state index in [1.165, 1.54) is 0 Å². The molecule has 0 bridgehead atoms. The fraction of sp³-hybridized carbons (Fsp3) is 0.556. The molecule has 0 atom stereocenters. The summed E-state index contributed by atoms with van der Waals surface area (Å²) in [6.45, 7) is 6.18. The number of nitrogens with zero attached hydrogens (tertiary/aromatic N) is 2. The number of aromatic nitrogens is 2. The number of hydrogen-bond acceptors (Lipinski definition) is 5. The van der Waals surface area contributed by atoms with Crippen molar-refractivity contribution in [1.82, 2.24) is 9.97 Å². The molecule has 1 aromatic rings. The molecule has 14 heavy (non-hydrogen) atoms. The van der Waals surface area contributed by atoms with Gasteiger partial charge in [-0.2, -0.15) is 9.97 Å². The van der Waals surface area contributed by atoms with Gasteiger partial charge in [-0.05, 0) is 20.8 Å². The molecule has 0 unspecified atom stereocenters. The van der Waals surface area contributed by atoms with Crippen molar-refractivity contribution in [3.63, 3.8) is 0 Å². The summed E-state index contributed by atoms with van der Waals surface area (Å²) in [4.78, 5) is 8.08. The lowest BCUT2D eigenvalue weighted by molar-refractivity contribution is 0.630. The maximum absolute atomic E-state index is 5.55. The van der Waals surface area contributed by atoms with Crippen LogP contribution in [-0.2, 0) is 0 Å². The first-order chi connectivity index (χ1) is 6.40. The zero-order chi connectivity index (χ0) is 10.8. The van der Waals surface area contributed by atoms with E-state index < -0.39 is 0 Å². The molecule has 0 aliphatic heterocycles. The van der Waals surface area contributed by atoms with Crippen LogP contribution < -0.4 is 16.4 Å². The lowest BCUT2D eigenvalue weighted by atomic mass is 10.1. The van der Waals surface area contributed by atoms with Gasteiger partial charge in [0.05, 0.1) is 0 Å². The average molecular weight is 195 g/mol. The summed E-state index contributed by atoms with van der Waals surface area (Å²) in [6, 6.07) is 1.82. The molecule has 1 rings (SSSR count). The van der Waals surface area contributed by atoms with Gasteiger partial charge in [-0.1, -0.05) is 0 Å². The van der Waals surface area contributed by atoms with Crippen LogP contribution in [0.4, 0.5) is 17.6 Å². The van der Waals surface area contributed by atoms with Crippen molar-refractivity contribution in [3.05, 3.63) is 6.07 Å². The molecule has 0 aliphatic rings. The molecule has 4 N–H and O–H groups in total. The molecular weight excluding hydrogens is 178 g/mol. The summed E-state index contributed by atoms with van der Waals surface area (Å²) >= 11 is 0. The highest BCUT2D eigenvalue weighted by Crippen LogP contribution is 2.16. The van der Waals surface area contributed by atoms with Crippen LogP contribution >= 0.6 is 0 Å². The first-order valence-corrected chi connectivity index (χ1v) is 4.51. The highest BCUT2D eigenvalue weighted by Gasteiger charge is 2.11. The molecule has 0 fully saturated rings. The predicted octanol–water partition coefficient (Wildman–Crippen LogP) is 1.31. The Bertz CT molecular complexity index is 315. The largest absolute Gasteiger partial charge is 0.373 e. The van der Waals surface area contributed by atoms with E-state index in [0.717, 1.165) is 5.82 Å². The number of nitrogen functional groups attached to an aromatic ring is 1. The van der Waals surface area contributed by atoms with Crippen LogP contribution in [0.5, 0.6) is 0 Å². The van der Waals surface area contributed by atoms with Crippen LogP contribution in [0.2, 0.25) is 0 Å². The van der Waals surface area contributed by atoms with Crippen LogP contribution in [0.3, 0.4) is 0 Å². The van der Waals surface area contributed by atoms with Crippen LogP contribution in [-0.4, -0.2) is 22.6 Å². The third kappa shape index (κ3) is 3.08. The number of rotatable bonds is 2. The standard InChI is InChI=1S/C9H17N5/c1-9(2,3)14-7-5-6(11-4)12-8(10)13-7/h5H,1-4H3,(H4,10,11,12,13,14). The smallest absolute Gasteiger partial charge is 0.223 e. The van der Waals surface area contributed by atoms with Crippen LogP contribution in [0.15, 0.2) is 6.07 Å². The molecule has 0 radical (unpaired) electrons. The van der Waals surface area contributed by atoms with E-state index in [1.54, 1.807) is 7.05 Å². The fourth-order valence-electron chi connectivity index (χ4n) is 1.04. The van der Waals surface area contributed by atoms with E-state index in [4.69, 9.17) is 5.73 Å². The van der Waals surface area contributed by atoms with Gasteiger partial charge in [-0.3, -0.25) is 0 Å². The third-order valence-electron chi connectivity index (χ3n) is 1.50. The Morgan fingerprint density at radius 2 is 1.79 bits per heavy atom. The highest BCUT2D eigenvalue weighted by atomic mass is 15.1. The Morgan fingerprint density at radius 1 is 1.21 bits per heavy atom. The maximum Gasteiger partial charge on any atom is 0.223 e. The first-order valence-electron chi connectivity index (χ1n) is 4.51. The third-order valence-corrected chi connectivity index (χ3v) is 1.50. The first kappa shape index (κ1) is 10.6. The Hall–Kier alpha value is -1.52. The molecule has 0 aromatic carbocycles. The van der Waals surface area contributed by atoms with Gasteiger partial charge >= 0.3 is 0 Å². The lowest BCUT2D eigenvalue weighted by Crippen LogP contribution is -2.27. The van der Waals surface area contributed by atoms with Crippen molar-refractivity contribution >= 4 is 17.6 Å². The van der Waals surface area contributed by atoms with Crippen molar-refractivity contribution in [1.29, 1.82) is 0 Å². The summed E-state index contributed by atoms with van der Waals surface area (Å²) in [5.74, 6) is 1.71. The van der Waals surface area contributed by atoms with E-state index in [0.29, 0.717) is 5.82 Å². The molecule has 0 saturated heterocycles. The molecule has 78 valence electrons. The Labute approximate surface area is 84.1 Å². The van der Waals surface area contributed by atoms with Crippen LogP contribution in [0, 0.1) is 0 Å². The second-order valence-electron chi connectivity index (χ2n) is 4.12. The number of nitrogens with one attached hydrogen (secondary N) is 2. The summed E-state index contributed by atoms with van der Waals surface area (Å²) in [5, 5.41) is 6.15. The zero-order valence-electron chi connectivity index (χ0n) is 9.05. The van der Waals surface area contributed by atoms with Crippen molar-refractivity contribution in [2.24, 2.45) is 0 Å². The molecule has 0 spiro atoms. The van der Waals surface area contributed by atoms with Crippen molar-refractivity contribution < 1.29 is 0 Å². The van der Waals surface area contributed by atoms with Gasteiger partial charge in [0.25, 0.3) is 0 Å². The van der Waals surface area contributed by atoms with Crippen molar-refractivity contribution in [3.8, 4) is 0 Å². The molecule has 5 nitrogen and oxygen atoms in total. The van der Waals surface area contributed by atoms with Gasteiger partial charge in [0.15, 0.2) is 0 Å². The minimum absolute atomic E-state index is 0.0359. The Balaban J connectivity index is 2.92. The van der Waals surface area contributed by atoms with E-state index in [-0.39, 0.29) is 11.5 Å². The monoisotopic (exact) mass is 195 g/mol. The fourth-order valence-corrected chi connectivity index (χ4v) is 1.04. The summed E-state index contributed by atoms with van der Waals surface area (Å²) in [7, 11) is 1.79. The van der Waals surface area contributed by atoms with Gasteiger partial charge in [0.1, 0.15) is 11.6 Å². The zero-order valence-corrected chi connectivity index (χ0v) is 9.05. The molecule has 1 heterocycles. The molecular formula is C9H17N5. The van der Waals surface area contributed by atoms with E-state index in [9.17, 15) is 0 Å². The Kier molecular flexibility index (Phi) is 2.78. The molecule has 1 aromatic heterocycles. The van der Waals surface area contributed by atoms with Crippen molar-refractivity contribution in [2.75, 3.05) is 23.4 Å². The molecule has 5 heteroatoms. The van der Waals surface area contributed by atoms with Gasteiger partial charge in [-0.15, -0.1) is 0 Å². The summed E-state index contributed by atoms with van der Waals surface area (Å²) in [5.41, 5.74) is 5.52. The minimum atomic E-state index is -0.0359. The topological polar surface area (TPSA) is 75.9 Å². The van der Waals surface area contributed by atoms with E-state index in [1.807, 2.05) is 6.07 Å². The maximum atomic E-state index is 5.55. The van der Waals surface area contributed by atoms with Gasteiger partial charge < -0.3 is 16.4 Å². The second-order valence-corrected chi connectivity index (χ2v) is 4.12. The molecule has 0 aliphatic carbocycles. The predicted molar refractivity (Wildman–Crippen MR) is 59.4 cm³/mol. The highest BCUT2D eigenvalue weighted by molar-refractivity contribution is 5.51. The van der Waals surface area contributed by atoms with E-state index in [2.05, 4.69) is 41.4 Å². The SMILES string of the molecule is CNc1cc(NC(C)(C)C)nc(N)n1. The summed E-state index contributed by atoms with van der Waals surface area (Å²) < 4.78 is 0. The lowest BCUT2D eigenvalue weighted by Gasteiger charge is -2.21. The Morgan fingerprint density at radius 3 is 2.29 bits per heavy atom. The number of anilines is 3. The summed E-state index contributed by atoms with van der Waals surface area (Å²) in [6.07, 6.45) is 0. The molecule has 0 saturated carbocycles. The van der Waals surface area contributed by atoms with E-state index >= 15 is 0 Å². The normalized spacial score (nSPS) is 11.1. The van der Waals surface area contributed by atoms with Crippen molar-refractivity contribution in [2.45, 2.75) is 26.3 Å². The van der Waals surface area contributed by atoms with Crippen LogP contribution in [0.25, 0.3) is 0 Å².